The Balaban J connectivity index is 0.761. The normalized spacial score (nSPS) is 58.2. The summed E-state index contributed by atoms with van der Waals surface area (Å²) in [6, 6.07) is 0. The van der Waals surface area contributed by atoms with Gasteiger partial charge in [-0.25, -0.2) is 0 Å². The minimum absolute atomic E-state index is 0.104. The molecule has 4 aliphatic carbocycles. The minimum atomic E-state index is -1.99. The molecule has 0 aromatic heterocycles. The van der Waals surface area contributed by atoms with Crippen LogP contribution >= 0.6 is 0 Å². The van der Waals surface area contributed by atoms with E-state index in [0.717, 1.165) is 51.6 Å². The molecule has 22 heteroatoms. The Labute approximate surface area is 426 Å². The van der Waals surface area contributed by atoms with Gasteiger partial charge in [-0.05, 0) is 111 Å². The molecule has 1 spiro atoms. The van der Waals surface area contributed by atoms with Crippen LogP contribution in [0.2, 0.25) is 0 Å². The molecule has 73 heavy (non-hydrogen) atoms. The second-order valence-corrected chi connectivity index (χ2v) is 24.4. The predicted octanol–water partition coefficient (Wildman–Crippen LogP) is -1.88. The molecule has 12 N–H and O–H groups in total. The highest BCUT2D eigenvalue weighted by Crippen LogP contribution is 2.71. The van der Waals surface area contributed by atoms with Gasteiger partial charge in [0.15, 0.2) is 30.9 Å². The summed E-state index contributed by atoms with van der Waals surface area (Å²) in [5.74, 6) is 3.12. The molecule has 32 atom stereocenters. The van der Waals surface area contributed by atoms with Gasteiger partial charge in [-0.2, -0.15) is 0 Å². The monoisotopic (exact) mass is 1050 g/mol. The Bertz CT molecular complexity index is 1860. The van der Waals surface area contributed by atoms with Crippen LogP contribution in [0.1, 0.15) is 98.8 Å². The molecule has 0 unspecified atom stereocenters. The van der Waals surface area contributed by atoms with Gasteiger partial charge in [0, 0.05) is 12.3 Å². The Morgan fingerprint density at radius 1 is 0.521 bits per heavy atom. The number of aliphatic hydroxyl groups excluding tert-OH is 12. The topological polar surface area (TPSA) is 335 Å². The smallest absolute Gasteiger partial charge is 0.187 e. The Hall–Kier alpha value is -0.880. The fourth-order valence-corrected chi connectivity index (χ4v) is 16.0. The van der Waals surface area contributed by atoms with Crippen LogP contribution in [0.3, 0.4) is 0 Å². The van der Waals surface area contributed by atoms with Crippen LogP contribution in [0, 0.1) is 52.3 Å². The molecule has 10 fully saturated rings. The molecule has 0 radical (unpaired) electrons. The summed E-state index contributed by atoms with van der Waals surface area (Å²) in [4.78, 5) is 0. The summed E-state index contributed by atoms with van der Waals surface area (Å²) < 4.78 is 60.7. The number of ether oxygens (including phenoxy) is 10. The maximum Gasteiger partial charge on any atom is 0.187 e. The average molecular weight is 1050 g/mol. The maximum absolute atomic E-state index is 11.3. The first-order valence-corrected chi connectivity index (χ1v) is 27.2. The van der Waals surface area contributed by atoms with Crippen molar-refractivity contribution in [2.45, 2.75) is 240 Å². The molecule has 10 aliphatic rings. The Morgan fingerprint density at radius 3 is 1.82 bits per heavy atom. The van der Waals surface area contributed by atoms with Crippen LogP contribution in [0.5, 0.6) is 0 Å². The zero-order valence-corrected chi connectivity index (χ0v) is 42.6. The van der Waals surface area contributed by atoms with Crippen LogP contribution in [-0.4, -0.2) is 229 Å². The molecule has 6 heterocycles. The Kier molecular flexibility index (Phi) is 16.2. The number of rotatable bonds is 11. The molecule has 0 bridgehead atoms. The second-order valence-electron chi connectivity index (χ2n) is 24.4. The molecule has 0 aromatic carbocycles. The van der Waals surface area contributed by atoms with Crippen molar-refractivity contribution < 1.29 is 109 Å². The summed E-state index contributed by atoms with van der Waals surface area (Å²) in [7, 11) is 0. The SMILES string of the molecule is C[C@H]1CC[C@@]2(OC1)O[C@H]1C[C@H]3[C@@H]4CC[C@@H]5C[C@@H](O[C@@H]6O[C@H](CO[C@H]7O[C@@H](CO)[C@H](O)[C@@H](O)[C@@H]7O[C@H]7O[C@@H](CO)[C@H](O[C@H]8O[C@@H](C)[C@H](O)[C@@H](O)[C@@H]8O)[C@@H](O)[C@@H]7O)[C@@H](O)[C@H](O)[C@H]6O)CC[C@]5(C)[C@H]4CC[C@]3(C)[C@H]1[C@@H]2C. The molecule has 0 aromatic rings. The van der Waals surface area contributed by atoms with Gasteiger partial charge in [-0.3, -0.25) is 0 Å². The third-order valence-electron chi connectivity index (χ3n) is 20.3. The van der Waals surface area contributed by atoms with Gasteiger partial charge in [0.25, 0.3) is 0 Å². The highest BCUT2D eigenvalue weighted by Gasteiger charge is 2.69. The third-order valence-corrected chi connectivity index (χ3v) is 20.3. The van der Waals surface area contributed by atoms with Gasteiger partial charge < -0.3 is 109 Å². The second kappa shape index (κ2) is 21.3. The van der Waals surface area contributed by atoms with Crippen molar-refractivity contribution in [3.63, 3.8) is 0 Å². The maximum atomic E-state index is 11.3. The third kappa shape index (κ3) is 9.60. The van der Waals surface area contributed by atoms with E-state index in [2.05, 4.69) is 27.7 Å². The van der Waals surface area contributed by atoms with Crippen molar-refractivity contribution in [2.24, 2.45) is 52.3 Å². The molecule has 4 saturated carbocycles. The zero-order chi connectivity index (χ0) is 52.2. The molecule has 6 aliphatic heterocycles. The van der Waals surface area contributed by atoms with E-state index in [0.29, 0.717) is 47.8 Å². The van der Waals surface area contributed by atoms with Crippen LogP contribution < -0.4 is 0 Å². The fraction of sp³-hybridized carbons (Fsp3) is 1.00. The average Bonchev–Trinajstić information content (AvgIpc) is 3.82. The number of hydrogen-bond acceptors (Lipinski definition) is 22. The van der Waals surface area contributed by atoms with E-state index in [1.165, 1.54) is 19.8 Å². The van der Waals surface area contributed by atoms with Crippen molar-refractivity contribution in [3.8, 4) is 0 Å². The first-order chi connectivity index (χ1) is 34.6. The highest BCUT2D eigenvalue weighted by molar-refractivity contribution is 5.15. The lowest BCUT2D eigenvalue weighted by atomic mass is 9.44. The van der Waals surface area contributed by atoms with Gasteiger partial charge in [-0.1, -0.05) is 27.7 Å². The lowest BCUT2D eigenvalue weighted by Gasteiger charge is -2.61. The predicted molar refractivity (Wildman–Crippen MR) is 247 cm³/mol. The molecule has 22 nitrogen and oxygen atoms in total. The van der Waals surface area contributed by atoms with E-state index in [9.17, 15) is 61.3 Å². The van der Waals surface area contributed by atoms with Crippen molar-refractivity contribution in [1.82, 2.24) is 0 Å². The quantitative estimate of drug-likeness (QED) is 0.101. The number of aliphatic hydroxyl groups is 12. The summed E-state index contributed by atoms with van der Waals surface area (Å²) in [5, 5.41) is 129. The molecular weight excluding hydrogens is 965 g/mol. The Morgan fingerprint density at radius 2 is 1.12 bits per heavy atom. The van der Waals surface area contributed by atoms with Gasteiger partial charge in [-0.15, -0.1) is 0 Å². The van der Waals surface area contributed by atoms with Crippen molar-refractivity contribution in [2.75, 3.05) is 26.4 Å². The molecule has 420 valence electrons. The first-order valence-electron chi connectivity index (χ1n) is 27.2. The molecule has 6 saturated heterocycles. The van der Waals surface area contributed by atoms with Gasteiger partial charge in [0.05, 0.1) is 44.7 Å². The van der Waals surface area contributed by atoms with Crippen LogP contribution in [0.15, 0.2) is 0 Å². The largest absolute Gasteiger partial charge is 0.394 e. The summed E-state index contributed by atoms with van der Waals surface area (Å²) in [6.45, 7) is 9.62. The van der Waals surface area contributed by atoms with Crippen molar-refractivity contribution >= 4 is 0 Å². The fourth-order valence-electron chi connectivity index (χ4n) is 16.0. The van der Waals surface area contributed by atoms with E-state index >= 15 is 0 Å². The lowest BCUT2D eigenvalue weighted by Crippen LogP contribution is -2.66. The molecular formula is C51H84O22. The van der Waals surface area contributed by atoms with Gasteiger partial charge >= 0.3 is 0 Å². The molecule has 10 rings (SSSR count). The van der Waals surface area contributed by atoms with Crippen LogP contribution in [0.4, 0.5) is 0 Å². The zero-order valence-electron chi connectivity index (χ0n) is 42.6. The van der Waals surface area contributed by atoms with Crippen molar-refractivity contribution in [1.29, 1.82) is 0 Å². The number of fused-ring (bicyclic) bond motifs is 7. The lowest BCUT2D eigenvalue weighted by molar-refractivity contribution is -0.386. The van der Waals surface area contributed by atoms with Gasteiger partial charge in [0.2, 0.25) is 0 Å². The van der Waals surface area contributed by atoms with Crippen molar-refractivity contribution in [3.05, 3.63) is 0 Å². The standard InChI is InChI=1S/C51H84O22/c1-20-8-13-51(65-18-20)21(2)32-28(73-51)15-27-25-7-6-23-14-24(9-11-49(23,4)26(25)10-12-50(27,32)5)67-46-41(62)37(58)35(56)31(70-46)19-64-48-44(38(59)34(55)29(16-52)68-48)72-47-42(63)39(60)43(30(17-53)69-47)71-45-40(61)36(57)33(54)22(3)66-45/h20-48,52-63H,6-19H2,1-5H3/t20-,21-,22-,23+,24-,25+,26-,27-,28-,29-,30-,31+,32-,33-,34-,35+,36+,37-,38+,39-,40-,41+,42-,43-,44-,45+,46+,47+,48-,49-,50-,51+/m0/s1. The highest BCUT2D eigenvalue weighted by atomic mass is 16.8. The summed E-state index contributed by atoms with van der Waals surface area (Å²) in [6.07, 6.45) is -22.7. The van der Waals surface area contributed by atoms with E-state index in [1.54, 1.807) is 0 Å². The number of hydrogen-bond donors (Lipinski definition) is 12. The van der Waals surface area contributed by atoms with E-state index in [-0.39, 0.29) is 23.0 Å². The minimum Gasteiger partial charge on any atom is -0.394 e. The molecule has 0 amide bonds. The van der Waals surface area contributed by atoms with Crippen LogP contribution in [-0.2, 0) is 47.4 Å². The van der Waals surface area contributed by atoms with Gasteiger partial charge in [0.1, 0.15) is 91.6 Å². The van der Waals surface area contributed by atoms with Crippen LogP contribution in [0.25, 0.3) is 0 Å². The summed E-state index contributed by atoms with van der Waals surface area (Å²) in [5.41, 5.74) is 0.312. The van der Waals surface area contributed by atoms with E-state index in [1.807, 2.05) is 0 Å². The summed E-state index contributed by atoms with van der Waals surface area (Å²) >= 11 is 0. The first kappa shape index (κ1) is 55.4. The van der Waals surface area contributed by atoms with E-state index in [4.69, 9.17) is 47.4 Å². The van der Waals surface area contributed by atoms with E-state index < -0.39 is 148 Å².